The van der Waals surface area contributed by atoms with Crippen LogP contribution in [0.4, 0.5) is 11.5 Å². The van der Waals surface area contributed by atoms with Gasteiger partial charge in [0.2, 0.25) is 5.82 Å². The minimum absolute atomic E-state index is 0.00428. The molecule has 1 N–H and O–H groups in total. The Bertz CT molecular complexity index is 403. The first-order valence-electron chi connectivity index (χ1n) is 5.10. The summed E-state index contributed by atoms with van der Waals surface area (Å²) in [5, 5.41) is 13.9. The van der Waals surface area contributed by atoms with Crippen molar-refractivity contribution in [1.82, 2.24) is 4.98 Å². The molecule has 1 atom stereocenters. The van der Waals surface area contributed by atoms with Crippen LogP contribution >= 0.6 is 27.7 Å². The quantitative estimate of drug-likeness (QED) is 0.643. The normalized spacial score (nSPS) is 12.2. The summed E-state index contributed by atoms with van der Waals surface area (Å²) >= 11 is 4.93. The molecule has 0 radical (unpaired) electrons. The van der Waals surface area contributed by atoms with E-state index in [0.29, 0.717) is 10.3 Å². The standard InChI is InChI=1S/C10H14BrN3O2S/c1-7(3-4-17-2)13-10-9(14(15)16)5-8(11)6-12-10/h5-7H,3-4H2,1-2H3,(H,12,13). The van der Waals surface area contributed by atoms with Gasteiger partial charge in [0.15, 0.2) is 0 Å². The van der Waals surface area contributed by atoms with Gasteiger partial charge in [-0.25, -0.2) is 4.98 Å². The van der Waals surface area contributed by atoms with E-state index in [0.717, 1.165) is 12.2 Å². The molecular weight excluding hydrogens is 306 g/mol. The van der Waals surface area contributed by atoms with Crippen LogP contribution in [0.2, 0.25) is 0 Å². The van der Waals surface area contributed by atoms with Crippen LogP contribution in [0.5, 0.6) is 0 Å². The van der Waals surface area contributed by atoms with Crippen LogP contribution in [0, 0.1) is 10.1 Å². The summed E-state index contributed by atoms with van der Waals surface area (Å²) < 4.78 is 0.603. The van der Waals surface area contributed by atoms with E-state index >= 15 is 0 Å². The van der Waals surface area contributed by atoms with E-state index in [-0.39, 0.29) is 11.7 Å². The number of anilines is 1. The van der Waals surface area contributed by atoms with E-state index in [1.807, 2.05) is 13.2 Å². The Morgan fingerprint density at radius 2 is 2.41 bits per heavy atom. The number of hydrogen-bond donors (Lipinski definition) is 1. The van der Waals surface area contributed by atoms with Crippen molar-refractivity contribution in [3.8, 4) is 0 Å². The van der Waals surface area contributed by atoms with Gasteiger partial charge in [-0.3, -0.25) is 10.1 Å². The molecule has 0 bridgehead atoms. The van der Waals surface area contributed by atoms with E-state index in [1.165, 1.54) is 6.07 Å². The number of nitro groups is 1. The van der Waals surface area contributed by atoms with Crippen LogP contribution in [0.25, 0.3) is 0 Å². The molecule has 17 heavy (non-hydrogen) atoms. The number of nitrogens with zero attached hydrogens (tertiary/aromatic N) is 2. The summed E-state index contributed by atoms with van der Waals surface area (Å²) in [5.41, 5.74) is -0.00428. The number of halogens is 1. The zero-order valence-electron chi connectivity index (χ0n) is 9.64. The van der Waals surface area contributed by atoms with Gasteiger partial charge in [-0.05, 0) is 41.3 Å². The molecule has 94 valence electrons. The van der Waals surface area contributed by atoms with Crippen LogP contribution < -0.4 is 5.32 Å². The Hall–Kier alpha value is -0.820. The van der Waals surface area contributed by atoms with E-state index < -0.39 is 4.92 Å². The number of hydrogen-bond acceptors (Lipinski definition) is 5. The van der Waals surface area contributed by atoms with E-state index in [4.69, 9.17) is 0 Å². The predicted molar refractivity (Wildman–Crippen MR) is 74.7 cm³/mol. The SMILES string of the molecule is CSCCC(C)Nc1ncc(Br)cc1[N+](=O)[O-]. The fraction of sp³-hybridized carbons (Fsp3) is 0.500. The van der Waals surface area contributed by atoms with Gasteiger partial charge in [0.05, 0.1) is 4.92 Å². The Balaban J connectivity index is 2.79. The highest BCUT2D eigenvalue weighted by Gasteiger charge is 2.17. The first kappa shape index (κ1) is 14.2. The van der Waals surface area contributed by atoms with E-state index in [1.54, 1.807) is 18.0 Å². The van der Waals surface area contributed by atoms with Crippen LogP contribution in [-0.2, 0) is 0 Å². The molecule has 0 saturated heterocycles. The highest BCUT2D eigenvalue weighted by molar-refractivity contribution is 9.10. The Labute approximate surface area is 113 Å². The molecule has 1 aromatic rings. The fourth-order valence-electron chi connectivity index (χ4n) is 1.28. The number of pyridine rings is 1. The number of aromatic nitrogens is 1. The summed E-state index contributed by atoms with van der Waals surface area (Å²) in [7, 11) is 0. The van der Waals surface area contributed by atoms with Crippen LogP contribution in [-0.4, -0.2) is 28.0 Å². The molecule has 1 aromatic heterocycles. The maximum absolute atomic E-state index is 10.9. The highest BCUT2D eigenvalue weighted by Crippen LogP contribution is 2.26. The zero-order chi connectivity index (χ0) is 12.8. The van der Waals surface area contributed by atoms with Crippen molar-refractivity contribution in [3.63, 3.8) is 0 Å². The summed E-state index contributed by atoms with van der Waals surface area (Å²) in [4.78, 5) is 14.5. The predicted octanol–water partition coefficient (Wildman–Crippen LogP) is 3.31. The Morgan fingerprint density at radius 1 is 1.71 bits per heavy atom. The minimum Gasteiger partial charge on any atom is -0.362 e. The fourth-order valence-corrected chi connectivity index (χ4v) is 2.19. The molecule has 0 amide bonds. The lowest BCUT2D eigenvalue weighted by molar-refractivity contribution is -0.384. The van der Waals surface area contributed by atoms with E-state index in [9.17, 15) is 10.1 Å². The first-order chi connectivity index (χ1) is 8.04. The molecule has 0 fully saturated rings. The average Bonchev–Trinajstić information content (AvgIpc) is 2.28. The molecule has 7 heteroatoms. The summed E-state index contributed by atoms with van der Waals surface area (Å²) in [6, 6.07) is 1.62. The van der Waals surface area contributed by atoms with Gasteiger partial charge < -0.3 is 5.32 Å². The zero-order valence-corrected chi connectivity index (χ0v) is 12.0. The third-order valence-electron chi connectivity index (χ3n) is 2.17. The molecule has 0 saturated carbocycles. The summed E-state index contributed by atoms with van der Waals surface area (Å²) in [5.74, 6) is 1.34. The second-order valence-corrected chi connectivity index (χ2v) is 5.51. The van der Waals surface area contributed by atoms with Crippen LogP contribution in [0.1, 0.15) is 13.3 Å². The molecule has 1 unspecified atom stereocenters. The number of thioether (sulfide) groups is 1. The topological polar surface area (TPSA) is 68.1 Å². The molecule has 1 heterocycles. The molecule has 0 aliphatic carbocycles. The maximum atomic E-state index is 10.9. The highest BCUT2D eigenvalue weighted by atomic mass is 79.9. The van der Waals surface area contributed by atoms with Crippen molar-refractivity contribution in [1.29, 1.82) is 0 Å². The third-order valence-corrected chi connectivity index (χ3v) is 3.25. The maximum Gasteiger partial charge on any atom is 0.312 e. The van der Waals surface area contributed by atoms with Gasteiger partial charge in [0, 0.05) is 22.8 Å². The number of nitrogens with one attached hydrogen (secondary N) is 1. The molecule has 5 nitrogen and oxygen atoms in total. The average molecular weight is 320 g/mol. The van der Waals surface area contributed by atoms with Crippen molar-refractivity contribution in [2.45, 2.75) is 19.4 Å². The summed E-state index contributed by atoms with van der Waals surface area (Å²) in [6.45, 7) is 1.99. The monoisotopic (exact) mass is 319 g/mol. The van der Waals surface area contributed by atoms with Crippen molar-refractivity contribution in [3.05, 3.63) is 26.9 Å². The smallest absolute Gasteiger partial charge is 0.312 e. The molecule has 0 spiro atoms. The molecule has 1 rings (SSSR count). The molecule has 0 aliphatic heterocycles. The van der Waals surface area contributed by atoms with Crippen molar-refractivity contribution in [2.24, 2.45) is 0 Å². The van der Waals surface area contributed by atoms with Crippen molar-refractivity contribution >= 4 is 39.2 Å². The Morgan fingerprint density at radius 3 is 3.00 bits per heavy atom. The van der Waals surface area contributed by atoms with Gasteiger partial charge in [0.1, 0.15) is 0 Å². The lowest BCUT2D eigenvalue weighted by atomic mass is 10.2. The van der Waals surface area contributed by atoms with Gasteiger partial charge in [0.25, 0.3) is 0 Å². The van der Waals surface area contributed by atoms with Gasteiger partial charge in [-0.1, -0.05) is 0 Å². The van der Waals surface area contributed by atoms with Gasteiger partial charge in [-0.15, -0.1) is 0 Å². The second kappa shape index (κ2) is 6.80. The lowest BCUT2D eigenvalue weighted by Gasteiger charge is -2.13. The van der Waals surface area contributed by atoms with E-state index in [2.05, 4.69) is 26.2 Å². The lowest BCUT2D eigenvalue weighted by Crippen LogP contribution is -2.17. The number of rotatable bonds is 6. The molecular formula is C10H14BrN3O2S. The van der Waals surface area contributed by atoms with Crippen LogP contribution in [0.3, 0.4) is 0 Å². The first-order valence-corrected chi connectivity index (χ1v) is 7.28. The second-order valence-electron chi connectivity index (χ2n) is 3.61. The largest absolute Gasteiger partial charge is 0.362 e. The van der Waals surface area contributed by atoms with Gasteiger partial charge in [-0.2, -0.15) is 11.8 Å². The summed E-state index contributed by atoms with van der Waals surface area (Å²) in [6.07, 6.45) is 4.53. The van der Waals surface area contributed by atoms with Crippen LogP contribution in [0.15, 0.2) is 16.7 Å². The Kier molecular flexibility index (Phi) is 5.70. The third kappa shape index (κ3) is 4.51. The minimum atomic E-state index is -0.429. The van der Waals surface area contributed by atoms with Crippen molar-refractivity contribution < 1.29 is 4.92 Å². The molecule has 0 aromatic carbocycles. The van der Waals surface area contributed by atoms with Crippen molar-refractivity contribution in [2.75, 3.05) is 17.3 Å². The molecule has 0 aliphatic rings. The van der Waals surface area contributed by atoms with Gasteiger partial charge >= 0.3 is 5.69 Å².